The molecule has 2 aromatic heterocycles. The first-order valence-electron chi connectivity index (χ1n) is 5.15. The number of benzene rings is 1. The molecule has 5 N–H and O–H groups in total. The lowest BCUT2D eigenvalue weighted by atomic mass is 10.2. The lowest BCUT2D eigenvalue weighted by molar-refractivity contribution is 0.100. The number of nitrogens with one attached hydrogen (secondary N) is 1. The average Bonchev–Trinajstić information content (AvgIpc) is 2.93. The number of hydrogen-bond acceptors (Lipinski definition) is 5. The molecule has 0 unspecified atom stereocenters. The van der Waals surface area contributed by atoms with Crippen LogP contribution >= 0.6 is 11.3 Å². The summed E-state index contributed by atoms with van der Waals surface area (Å²) in [4.78, 5) is 15.6. The van der Waals surface area contributed by atoms with Crippen molar-refractivity contribution >= 4 is 34.0 Å². The van der Waals surface area contributed by atoms with Crippen LogP contribution in [-0.4, -0.2) is 21.1 Å². The Morgan fingerprint density at radius 3 is 2.94 bits per heavy atom. The number of H-pyrrole nitrogens is 1. The topological polar surface area (TPSA) is 111 Å². The number of thiazole rings is 1. The number of primary amides is 1. The zero-order valence-electron chi connectivity index (χ0n) is 9.18. The predicted molar refractivity (Wildman–Crippen MR) is 70.1 cm³/mol. The van der Waals surface area contributed by atoms with Gasteiger partial charge in [-0.3, -0.25) is 9.89 Å². The lowest BCUT2D eigenvalue weighted by Gasteiger charge is -1.95. The van der Waals surface area contributed by atoms with Gasteiger partial charge in [0, 0.05) is 17.1 Å². The van der Waals surface area contributed by atoms with Crippen LogP contribution < -0.4 is 11.5 Å². The molecule has 0 radical (unpaired) electrons. The number of rotatable bonds is 2. The summed E-state index contributed by atoms with van der Waals surface area (Å²) < 4.78 is 0. The first kappa shape index (κ1) is 10.7. The summed E-state index contributed by atoms with van der Waals surface area (Å²) in [5.41, 5.74) is 12.6. The number of aromatic amines is 1. The largest absolute Gasteiger partial charge is 0.382 e. The van der Waals surface area contributed by atoms with Crippen LogP contribution in [0.1, 0.15) is 9.67 Å². The molecule has 0 aliphatic heterocycles. The molecular weight excluding hydrogens is 250 g/mol. The first-order chi connectivity index (χ1) is 8.65. The maximum atomic E-state index is 11.1. The van der Waals surface area contributed by atoms with Crippen molar-refractivity contribution in [3.63, 3.8) is 0 Å². The van der Waals surface area contributed by atoms with E-state index in [9.17, 15) is 4.79 Å². The van der Waals surface area contributed by atoms with Gasteiger partial charge < -0.3 is 11.5 Å². The van der Waals surface area contributed by atoms with Crippen molar-refractivity contribution in [2.24, 2.45) is 5.73 Å². The van der Waals surface area contributed by atoms with E-state index in [4.69, 9.17) is 11.5 Å². The second-order valence-corrected chi connectivity index (χ2v) is 4.76. The van der Waals surface area contributed by atoms with Crippen LogP contribution in [0.5, 0.6) is 0 Å². The van der Waals surface area contributed by atoms with Gasteiger partial charge in [0.05, 0.1) is 5.52 Å². The number of carbonyl (C=O) groups is 1. The number of nitrogens with zero attached hydrogens (tertiary/aromatic N) is 2. The molecule has 1 aromatic carbocycles. The summed E-state index contributed by atoms with van der Waals surface area (Å²) in [7, 11) is 0. The van der Waals surface area contributed by atoms with E-state index < -0.39 is 5.91 Å². The number of amides is 1. The quantitative estimate of drug-likeness (QED) is 0.645. The van der Waals surface area contributed by atoms with Crippen molar-refractivity contribution in [3.05, 3.63) is 29.3 Å². The molecule has 0 spiro atoms. The second-order valence-electron chi connectivity index (χ2n) is 3.76. The Labute approximate surface area is 106 Å². The van der Waals surface area contributed by atoms with E-state index in [1.165, 1.54) is 11.3 Å². The summed E-state index contributed by atoms with van der Waals surface area (Å²) in [5.74, 6) is -0.387. The van der Waals surface area contributed by atoms with E-state index in [1.54, 1.807) is 0 Å². The molecule has 0 fully saturated rings. The number of aromatic nitrogens is 3. The molecule has 0 aliphatic carbocycles. The van der Waals surface area contributed by atoms with Crippen LogP contribution in [0.2, 0.25) is 0 Å². The molecule has 3 rings (SSSR count). The highest BCUT2D eigenvalue weighted by Gasteiger charge is 2.14. The first-order valence-corrected chi connectivity index (χ1v) is 5.97. The summed E-state index contributed by atoms with van der Waals surface area (Å²) in [5, 5.41) is 8.55. The van der Waals surface area contributed by atoms with Gasteiger partial charge in [0.25, 0.3) is 5.91 Å². The Morgan fingerprint density at radius 1 is 1.39 bits per heavy atom. The van der Waals surface area contributed by atoms with Gasteiger partial charge in [-0.2, -0.15) is 5.10 Å². The third-order valence-corrected chi connectivity index (χ3v) is 3.69. The van der Waals surface area contributed by atoms with Gasteiger partial charge in [0.1, 0.15) is 15.7 Å². The molecule has 0 bridgehead atoms. The predicted octanol–water partition coefficient (Wildman–Crippen LogP) is 1.37. The number of nitrogen functional groups attached to an aromatic ring is 1. The standard InChI is InChI=1S/C11H9N5OS/c12-9-8(10(13)17)18-11(15-9)5-1-2-6-4-14-16-7(6)3-5/h1-4H,12H2,(H2,13,17)(H,14,16). The van der Waals surface area contributed by atoms with E-state index in [0.29, 0.717) is 5.01 Å². The minimum Gasteiger partial charge on any atom is -0.382 e. The number of hydrogen-bond donors (Lipinski definition) is 3. The van der Waals surface area contributed by atoms with E-state index in [0.717, 1.165) is 16.5 Å². The lowest BCUT2D eigenvalue weighted by Crippen LogP contribution is -2.10. The number of nitrogens with two attached hydrogens (primary N) is 2. The van der Waals surface area contributed by atoms with Gasteiger partial charge in [-0.1, -0.05) is 12.1 Å². The summed E-state index contributed by atoms with van der Waals surface area (Å²) in [6, 6.07) is 5.71. The van der Waals surface area contributed by atoms with E-state index in [1.807, 2.05) is 24.4 Å². The molecule has 0 saturated heterocycles. The Kier molecular flexibility index (Phi) is 2.27. The summed E-state index contributed by atoms with van der Waals surface area (Å²) >= 11 is 1.18. The molecule has 18 heavy (non-hydrogen) atoms. The number of carbonyl (C=O) groups excluding carboxylic acids is 1. The minimum absolute atomic E-state index is 0.171. The van der Waals surface area contributed by atoms with Crippen LogP contribution in [0.15, 0.2) is 24.4 Å². The maximum Gasteiger partial charge on any atom is 0.262 e. The van der Waals surface area contributed by atoms with Crippen LogP contribution in [0.3, 0.4) is 0 Å². The van der Waals surface area contributed by atoms with Crippen molar-refractivity contribution in [1.29, 1.82) is 0 Å². The molecule has 3 aromatic rings. The summed E-state index contributed by atoms with van der Waals surface area (Å²) in [6.07, 6.45) is 1.81. The molecule has 0 saturated carbocycles. The molecule has 6 nitrogen and oxygen atoms in total. The smallest absolute Gasteiger partial charge is 0.262 e. The van der Waals surface area contributed by atoms with Gasteiger partial charge >= 0.3 is 0 Å². The Morgan fingerprint density at radius 2 is 2.22 bits per heavy atom. The van der Waals surface area contributed by atoms with Crippen molar-refractivity contribution in [3.8, 4) is 10.6 Å². The highest BCUT2D eigenvalue weighted by Crippen LogP contribution is 2.30. The highest BCUT2D eigenvalue weighted by molar-refractivity contribution is 7.17. The third kappa shape index (κ3) is 1.61. The molecule has 0 atom stereocenters. The van der Waals surface area contributed by atoms with E-state index in [2.05, 4.69) is 15.2 Å². The van der Waals surface area contributed by atoms with Crippen LogP contribution in [0.25, 0.3) is 21.5 Å². The molecule has 90 valence electrons. The zero-order chi connectivity index (χ0) is 12.7. The van der Waals surface area contributed by atoms with Crippen LogP contribution in [-0.2, 0) is 0 Å². The van der Waals surface area contributed by atoms with Crippen molar-refractivity contribution in [1.82, 2.24) is 15.2 Å². The van der Waals surface area contributed by atoms with Crippen LogP contribution in [0, 0.1) is 0 Å². The zero-order valence-corrected chi connectivity index (χ0v) is 9.99. The molecule has 2 heterocycles. The average molecular weight is 259 g/mol. The highest BCUT2D eigenvalue weighted by atomic mass is 32.1. The van der Waals surface area contributed by atoms with Gasteiger partial charge in [-0.15, -0.1) is 11.3 Å². The Bertz CT molecular complexity index is 745. The van der Waals surface area contributed by atoms with Crippen molar-refractivity contribution < 1.29 is 4.79 Å². The third-order valence-electron chi connectivity index (χ3n) is 2.56. The maximum absolute atomic E-state index is 11.1. The van der Waals surface area contributed by atoms with Crippen molar-refractivity contribution in [2.45, 2.75) is 0 Å². The summed E-state index contributed by atoms with van der Waals surface area (Å²) in [6.45, 7) is 0. The fourth-order valence-electron chi connectivity index (χ4n) is 1.70. The molecule has 0 aliphatic rings. The van der Waals surface area contributed by atoms with E-state index >= 15 is 0 Å². The van der Waals surface area contributed by atoms with E-state index in [-0.39, 0.29) is 10.7 Å². The monoisotopic (exact) mass is 259 g/mol. The Balaban J connectivity index is 2.13. The van der Waals surface area contributed by atoms with Gasteiger partial charge in [-0.25, -0.2) is 4.98 Å². The molecule has 1 amide bonds. The second kappa shape index (κ2) is 3.81. The molecule has 7 heteroatoms. The fourth-order valence-corrected chi connectivity index (χ4v) is 2.53. The van der Waals surface area contributed by atoms with Crippen LogP contribution in [0.4, 0.5) is 5.82 Å². The number of fused-ring (bicyclic) bond motifs is 1. The van der Waals surface area contributed by atoms with Crippen molar-refractivity contribution in [2.75, 3.05) is 5.73 Å². The molecular formula is C11H9N5OS. The van der Waals surface area contributed by atoms with Gasteiger partial charge in [-0.05, 0) is 6.07 Å². The number of anilines is 1. The minimum atomic E-state index is -0.558. The SMILES string of the molecule is NC(=O)c1sc(-c2ccc3c[nH]nc3c2)nc1N. The normalized spacial score (nSPS) is 10.9. The van der Waals surface area contributed by atoms with Gasteiger partial charge in [0.15, 0.2) is 0 Å². The Hall–Kier alpha value is -2.41. The van der Waals surface area contributed by atoms with Gasteiger partial charge in [0.2, 0.25) is 0 Å². The fraction of sp³-hybridized carbons (Fsp3) is 0.